The second kappa shape index (κ2) is 7.38. The summed E-state index contributed by atoms with van der Waals surface area (Å²) in [6, 6.07) is 13.1. The van der Waals surface area contributed by atoms with Crippen LogP contribution in [0.1, 0.15) is 30.8 Å². The third kappa shape index (κ3) is 3.78. The number of para-hydroxylation sites is 1. The van der Waals surface area contributed by atoms with Crippen LogP contribution in [0.3, 0.4) is 0 Å². The van der Waals surface area contributed by atoms with Gasteiger partial charge in [-0.2, -0.15) is 0 Å². The van der Waals surface area contributed by atoms with E-state index in [1.54, 1.807) is 17.0 Å². The number of aromatic nitrogens is 2. The first-order valence-corrected chi connectivity index (χ1v) is 7.20. The third-order valence-electron chi connectivity index (χ3n) is 3.07. The average molecular weight is 284 g/mol. The van der Waals surface area contributed by atoms with E-state index in [0.29, 0.717) is 18.1 Å². The van der Waals surface area contributed by atoms with Gasteiger partial charge in [0.25, 0.3) is 5.91 Å². The SMILES string of the molecule is CCCNc1ccc(C(=O)N(CC)c2ccccc2)nn1. The number of amides is 1. The molecule has 21 heavy (non-hydrogen) atoms. The van der Waals surface area contributed by atoms with E-state index in [4.69, 9.17) is 0 Å². The van der Waals surface area contributed by atoms with Gasteiger partial charge in [-0.3, -0.25) is 4.79 Å². The molecule has 1 aromatic carbocycles. The van der Waals surface area contributed by atoms with Crippen molar-refractivity contribution in [3.8, 4) is 0 Å². The van der Waals surface area contributed by atoms with Gasteiger partial charge in [-0.25, -0.2) is 0 Å². The van der Waals surface area contributed by atoms with Crippen molar-refractivity contribution in [1.82, 2.24) is 10.2 Å². The molecule has 0 aliphatic rings. The Morgan fingerprint density at radius 2 is 1.86 bits per heavy atom. The van der Waals surface area contributed by atoms with E-state index in [-0.39, 0.29) is 5.91 Å². The van der Waals surface area contributed by atoms with E-state index in [1.165, 1.54) is 0 Å². The number of carbonyl (C=O) groups is 1. The Balaban J connectivity index is 2.14. The molecule has 0 spiro atoms. The van der Waals surface area contributed by atoms with E-state index in [9.17, 15) is 4.79 Å². The number of carbonyl (C=O) groups excluding carboxylic acids is 1. The number of anilines is 2. The van der Waals surface area contributed by atoms with Gasteiger partial charge in [0.2, 0.25) is 0 Å². The number of nitrogens with zero attached hydrogens (tertiary/aromatic N) is 3. The molecule has 5 heteroatoms. The van der Waals surface area contributed by atoms with Crippen molar-refractivity contribution in [1.29, 1.82) is 0 Å². The van der Waals surface area contributed by atoms with Gasteiger partial charge in [-0.1, -0.05) is 25.1 Å². The fourth-order valence-corrected chi connectivity index (χ4v) is 1.98. The lowest BCUT2D eigenvalue weighted by molar-refractivity contribution is 0.0982. The molecule has 0 aliphatic heterocycles. The van der Waals surface area contributed by atoms with Crippen LogP contribution in [0.4, 0.5) is 11.5 Å². The first-order chi connectivity index (χ1) is 10.3. The molecular weight excluding hydrogens is 264 g/mol. The Morgan fingerprint density at radius 1 is 1.10 bits per heavy atom. The van der Waals surface area contributed by atoms with Gasteiger partial charge < -0.3 is 10.2 Å². The first kappa shape index (κ1) is 15.0. The van der Waals surface area contributed by atoms with Crippen LogP contribution in [0.25, 0.3) is 0 Å². The minimum atomic E-state index is -0.141. The zero-order valence-electron chi connectivity index (χ0n) is 12.4. The fraction of sp³-hybridized carbons (Fsp3) is 0.312. The molecule has 0 fully saturated rings. The van der Waals surface area contributed by atoms with Crippen molar-refractivity contribution in [3.05, 3.63) is 48.2 Å². The Morgan fingerprint density at radius 3 is 2.43 bits per heavy atom. The fourth-order valence-electron chi connectivity index (χ4n) is 1.98. The highest BCUT2D eigenvalue weighted by atomic mass is 16.2. The maximum atomic E-state index is 12.5. The van der Waals surface area contributed by atoms with Crippen LogP contribution in [-0.4, -0.2) is 29.2 Å². The van der Waals surface area contributed by atoms with E-state index < -0.39 is 0 Å². The second-order valence-electron chi connectivity index (χ2n) is 4.62. The highest BCUT2D eigenvalue weighted by molar-refractivity contribution is 6.04. The summed E-state index contributed by atoms with van der Waals surface area (Å²) in [6.07, 6.45) is 1.01. The smallest absolute Gasteiger partial charge is 0.278 e. The number of nitrogens with one attached hydrogen (secondary N) is 1. The maximum absolute atomic E-state index is 12.5. The molecule has 0 unspecified atom stereocenters. The lowest BCUT2D eigenvalue weighted by Crippen LogP contribution is -2.31. The topological polar surface area (TPSA) is 58.1 Å². The molecular formula is C16H20N4O. The Kier molecular flexibility index (Phi) is 5.26. The van der Waals surface area contributed by atoms with E-state index >= 15 is 0 Å². The largest absolute Gasteiger partial charge is 0.369 e. The van der Waals surface area contributed by atoms with Crippen LogP contribution in [-0.2, 0) is 0 Å². The molecule has 2 aromatic rings. The second-order valence-corrected chi connectivity index (χ2v) is 4.62. The van der Waals surface area contributed by atoms with Gasteiger partial charge in [0, 0.05) is 18.8 Å². The Labute approximate surface area is 125 Å². The van der Waals surface area contributed by atoms with Crippen LogP contribution in [0, 0.1) is 0 Å². The monoisotopic (exact) mass is 284 g/mol. The minimum Gasteiger partial charge on any atom is -0.369 e. The zero-order valence-corrected chi connectivity index (χ0v) is 12.4. The van der Waals surface area contributed by atoms with Crippen LogP contribution < -0.4 is 10.2 Å². The normalized spacial score (nSPS) is 10.2. The van der Waals surface area contributed by atoms with Crippen molar-refractivity contribution in [2.75, 3.05) is 23.3 Å². The molecule has 1 amide bonds. The summed E-state index contributed by atoms with van der Waals surface area (Å²) >= 11 is 0. The maximum Gasteiger partial charge on any atom is 0.278 e. The van der Waals surface area contributed by atoms with Gasteiger partial charge in [0.05, 0.1) is 0 Å². The van der Waals surface area contributed by atoms with Crippen molar-refractivity contribution < 1.29 is 4.79 Å². The van der Waals surface area contributed by atoms with Crippen LogP contribution in [0.5, 0.6) is 0 Å². The molecule has 0 saturated carbocycles. The molecule has 110 valence electrons. The number of benzene rings is 1. The average Bonchev–Trinajstić information content (AvgIpc) is 2.55. The predicted octanol–water partition coefficient (Wildman–Crippen LogP) is 2.97. The highest BCUT2D eigenvalue weighted by Gasteiger charge is 2.17. The molecule has 0 saturated heterocycles. The van der Waals surface area contributed by atoms with Crippen molar-refractivity contribution in [2.45, 2.75) is 20.3 Å². The Bertz CT molecular complexity index is 569. The highest BCUT2D eigenvalue weighted by Crippen LogP contribution is 2.15. The van der Waals surface area contributed by atoms with Gasteiger partial charge in [0.1, 0.15) is 5.82 Å². The predicted molar refractivity (Wildman–Crippen MR) is 84.6 cm³/mol. The summed E-state index contributed by atoms with van der Waals surface area (Å²) in [5.41, 5.74) is 1.21. The van der Waals surface area contributed by atoms with Crippen LogP contribution in [0.15, 0.2) is 42.5 Å². The summed E-state index contributed by atoms with van der Waals surface area (Å²) in [6.45, 7) is 5.44. The van der Waals surface area contributed by atoms with Crippen LogP contribution in [0.2, 0.25) is 0 Å². The molecule has 0 radical (unpaired) electrons. The molecule has 0 aliphatic carbocycles. The molecule has 1 heterocycles. The van der Waals surface area contributed by atoms with Crippen molar-refractivity contribution >= 4 is 17.4 Å². The lowest BCUT2D eigenvalue weighted by atomic mass is 10.2. The van der Waals surface area contributed by atoms with Gasteiger partial charge in [-0.15, -0.1) is 10.2 Å². The van der Waals surface area contributed by atoms with Crippen molar-refractivity contribution in [3.63, 3.8) is 0 Å². The molecule has 1 aromatic heterocycles. The summed E-state index contributed by atoms with van der Waals surface area (Å²) in [5, 5.41) is 11.2. The summed E-state index contributed by atoms with van der Waals surface area (Å²) in [7, 11) is 0. The number of hydrogen-bond acceptors (Lipinski definition) is 4. The standard InChI is InChI=1S/C16H20N4O/c1-3-12-17-15-11-10-14(18-19-15)16(21)20(4-2)13-8-6-5-7-9-13/h5-11H,3-4,12H2,1-2H3,(H,17,19). The minimum absolute atomic E-state index is 0.141. The number of rotatable bonds is 6. The number of hydrogen-bond donors (Lipinski definition) is 1. The molecule has 0 bridgehead atoms. The van der Waals surface area contributed by atoms with E-state index in [1.807, 2.05) is 37.3 Å². The summed E-state index contributed by atoms with van der Waals surface area (Å²) in [4.78, 5) is 14.2. The van der Waals surface area contributed by atoms with E-state index in [2.05, 4.69) is 22.4 Å². The van der Waals surface area contributed by atoms with E-state index in [0.717, 1.165) is 18.7 Å². The third-order valence-corrected chi connectivity index (χ3v) is 3.07. The summed E-state index contributed by atoms with van der Waals surface area (Å²) < 4.78 is 0. The quantitative estimate of drug-likeness (QED) is 0.886. The molecule has 0 atom stereocenters. The first-order valence-electron chi connectivity index (χ1n) is 7.20. The van der Waals surface area contributed by atoms with Gasteiger partial charge >= 0.3 is 0 Å². The van der Waals surface area contributed by atoms with Crippen LogP contribution >= 0.6 is 0 Å². The lowest BCUT2D eigenvalue weighted by Gasteiger charge is -2.20. The van der Waals surface area contributed by atoms with Gasteiger partial charge in [0.15, 0.2) is 5.69 Å². The van der Waals surface area contributed by atoms with Crippen molar-refractivity contribution in [2.24, 2.45) is 0 Å². The Hall–Kier alpha value is -2.43. The molecule has 2 rings (SSSR count). The molecule has 5 nitrogen and oxygen atoms in total. The summed E-state index contributed by atoms with van der Waals surface area (Å²) in [5.74, 6) is 0.550. The van der Waals surface area contributed by atoms with Gasteiger partial charge in [-0.05, 0) is 37.6 Å². The zero-order chi connectivity index (χ0) is 15.1. The molecule has 1 N–H and O–H groups in total.